The first kappa shape index (κ1) is 12.5. The highest BCUT2D eigenvalue weighted by molar-refractivity contribution is 6.31. The molecule has 0 aliphatic heterocycles. The topological polar surface area (TPSA) is 78.6 Å². The Kier molecular flexibility index (Phi) is 3.51. The molecule has 3 aromatic rings. The Morgan fingerprint density at radius 1 is 1.15 bits per heavy atom. The van der Waals surface area contributed by atoms with Gasteiger partial charge in [-0.05, 0) is 6.07 Å². The molecule has 0 saturated heterocycles. The van der Waals surface area contributed by atoms with E-state index in [1.54, 1.807) is 43.1 Å². The van der Waals surface area contributed by atoms with Gasteiger partial charge in [0.25, 0.3) is 0 Å². The molecule has 0 amide bonds. The van der Waals surface area contributed by atoms with Crippen molar-refractivity contribution in [3.05, 3.63) is 53.7 Å². The number of hydrogen-bond acceptors (Lipinski definition) is 6. The van der Waals surface area contributed by atoms with Gasteiger partial charge in [-0.15, -0.1) is 5.10 Å². The summed E-state index contributed by atoms with van der Waals surface area (Å²) in [5.74, 6) is 0.590. The highest BCUT2D eigenvalue weighted by Gasteiger charge is 2.07. The van der Waals surface area contributed by atoms with E-state index in [0.717, 1.165) is 5.56 Å². The maximum Gasteiger partial charge on any atom is 0.316 e. The Hall–Kier alpha value is -2.54. The van der Waals surface area contributed by atoms with Crippen molar-refractivity contribution in [2.45, 2.75) is 6.61 Å². The molecule has 0 fully saturated rings. The van der Waals surface area contributed by atoms with Crippen molar-refractivity contribution in [3.63, 3.8) is 0 Å². The van der Waals surface area contributed by atoms with Crippen LogP contribution in [0.5, 0.6) is 6.01 Å². The molecular formula is C12H9ClN6O. The van der Waals surface area contributed by atoms with Gasteiger partial charge < -0.3 is 4.74 Å². The number of hydrogen-bond donors (Lipinski definition) is 0. The van der Waals surface area contributed by atoms with Crippen molar-refractivity contribution in [1.29, 1.82) is 0 Å². The summed E-state index contributed by atoms with van der Waals surface area (Å²) in [4.78, 5) is 12.2. The van der Waals surface area contributed by atoms with Crippen molar-refractivity contribution < 1.29 is 4.74 Å². The van der Waals surface area contributed by atoms with Crippen molar-refractivity contribution >= 4 is 11.6 Å². The van der Waals surface area contributed by atoms with E-state index >= 15 is 0 Å². The van der Waals surface area contributed by atoms with Crippen LogP contribution in [0.1, 0.15) is 5.56 Å². The molecule has 3 heterocycles. The monoisotopic (exact) mass is 288 g/mol. The van der Waals surface area contributed by atoms with Crippen LogP contribution in [0.4, 0.5) is 0 Å². The summed E-state index contributed by atoms with van der Waals surface area (Å²) in [6.45, 7) is 0.244. The van der Waals surface area contributed by atoms with Gasteiger partial charge >= 0.3 is 6.01 Å². The minimum Gasteiger partial charge on any atom is -0.458 e. The van der Waals surface area contributed by atoms with Gasteiger partial charge in [-0.25, -0.2) is 19.6 Å². The van der Waals surface area contributed by atoms with E-state index in [4.69, 9.17) is 16.3 Å². The van der Waals surface area contributed by atoms with Crippen molar-refractivity contribution in [2.75, 3.05) is 0 Å². The molecule has 8 heteroatoms. The second kappa shape index (κ2) is 5.62. The predicted molar refractivity (Wildman–Crippen MR) is 70.5 cm³/mol. The number of pyridine rings is 1. The maximum absolute atomic E-state index is 6.19. The Bertz CT molecular complexity index is 688. The first-order valence-corrected chi connectivity index (χ1v) is 6.11. The van der Waals surface area contributed by atoms with E-state index in [2.05, 4.69) is 25.3 Å². The normalized spacial score (nSPS) is 10.4. The molecule has 0 atom stereocenters. The molecule has 3 rings (SSSR count). The molecule has 7 nitrogen and oxygen atoms in total. The Balaban J connectivity index is 1.75. The summed E-state index contributed by atoms with van der Waals surface area (Å²) in [6, 6.07) is 3.71. The fourth-order valence-electron chi connectivity index (χ4n) is 1.51. The highest BCUT2D eigenvalue weighted by Crippen LogP contribution is 2.18. The lowest BCUT2D eigenvalue weighted by Crippen LogP contribution is -2.03. The predicted octanol–water partition coefficient (Wildman–Crippen LogP) is 1.68. The lowest BCUT2D eigenvalue weighted by atomic mass is 10.3. The summed E-state index contributed by atoms with van der Waals surface area (Å²) in [6.07, 6.45) is 8.10. The second-order valence-corrected chi connectivity index (χ2v) is 4.21. The molecule has 0 aliphatic carbocycles. The van der Waals surface area contributed by atoms with Crippen LogP contribution in [0.2, 0.25) is 5.02 Å². The first-order valence-electron chi connectivity index (χ1n) is 5.74. The summed E-state index contributed by atoms with van der Waals surface area (Å²) in [7, 11) is 0. The molecule has 3 aromatic heterocycles. The first-order chi connectivity index (χ1) is 9.83. The van der Waals surface area contributed by atoms with Crippen LogP contribution >= 0.6 is 11.6 Å². The van der Waals surface area contributed by atoms with Crippen LogP contribution in [0.15, 0.2) is 43.1 Å². The number of aromatic nitrogens is 6. The largest absolute Gasteiger partial charge is 0.458 e. The Labute approximate surface area is 119 Å². The lowest BCUT2D eigenvalue weighted by Gasteiger charge is -2.07. The van der Waals surface area contributed by atoms with Crippen LogP contribution in [0.3, 0.4) is 0 Å². The molecule has 0 N–H and O–H groups in total. The molecule has 0 saturated carbocycles. The van der Waals surface area contributed by atoms with Crippen LogP contribution < -0.4 is 4.74 Å². The fourth-order valence-corrected chi connectivity index (χ4v) is 1.71. The number of rotatable bonds is 4. The number of ether oxygens (including phenoxy) is 1. The van der Waals surface area contributed by atoms with E-state index < -0.39 is 0 Å². The van der Waals surface area contributed by atoms with E-state index in [-0.39, 0.29) is 6.61 Å². The number of halogens is 1. The Morgan fingerprint density at radius 3 is 2.70 bits per heavy atom. The van der Waals surface area contributed by atoms with E-state index in [9.17, 15) is 0 Å². The van der Waals surface area contributed by atoms with Crippen molar-refractivity contribution in [1.82, 2.24) is 29.9 Å². The van der Waals surface area contributed by atoms with Gasteiger partial charge in [0.1, 0.15) is 6.61 Å². The van der Waals surface area contributed by atoms with E-state index in [1.165, 1.54) is 4.68 Å². The number of nitrogens with zero attached hydrogens (tertiary/aromatic N) is 6. The average Bonchev–Trinajstić information content (AvgIpc) is 3.01. The van der Waals surface area contributed by atoms with Crippen LogP contribution in [-0.4, -0.2) is 29.9 Å². The van der Waals surface area contributed by atoms with Gasteiger partial charge in [0.2, 0.25) is 0 Å². The van der Waals surface area contributed by atoms with Gasteiger partial charge in [-0.1, -0.05) is 16.8 Å². The van der Waals surface area contributed by atoms with Gasteiger partial charge in [0.05, 0.1) is 17.4 Å². The maximum atomic E-state index is 6.19. The fraction of sp³-hybridized carbons (Fsp3) is 0.0833. The second-order valence-electron chi connectivity index (χ2n) is 3.80. The summed E-state index contributed by atoms with van der Waals surface area (Å²) in [5.41, 5.74) is 0.739. The van der Waals surface area contributed by atoms with Gasteiger partial charge in [0, 0.05) is 30.2 Å². The third-order valence-electron chi connectivity index (χ3n) is 2.47. The zero-order chi connectivity index (χ0) is 13.8. The standard InChI is InChI=1S/C12H9ClN6O/c13-10-6-11(19-5-4-17-18-19)16-7-9(10)8-20-12-14-2-1-3-15-12/h1-7H,8H2. The van der Waals surface area contributed by atoms with Gasteiger partial charge in [-0.3, -0.25) is 0 Å². The smallest absolute Gasteiger partial charge is 0.316 e. The SMILES string of the molecule is Clc1cc(-n2ccnn2)ncc1COc1ncccn1. The molecule has 100 valence electrons. The zero-order valence-corrected chi connectivity index (χ0v) is 11.0. The molecular weight excluding hydrogens is 280 g/mol. The third kappa shape index (κ3) is 2.72. The molecule has 0 unspecified atom stereocenters. The minimum absolute atomic E-state index is 0.244. The third-order valence-corrected chi connectivity index (χ3v) is 2.82. The summed E-state index contributed by atoms with van der Waals surface area (Å²) >= 11 is 6.19. The summed E-state index contributed by atoms with van der Waals surface area (Å²) in [5, 5.41) is 8.09. The van der Waals surface area contributed by atoms with E-state index in [1.807, 2.05) is 0 Å². The van der Waals surface area contributed by atoms with E-state index in [0.29, 0.717) is 16.9 Å². The lowest BCUT2D eigenvalue weighted by molar-refractivity contribution is 0.280. The minimum atomic E-state index is 0.244. The Morgan fingerprint density at radius 2 is 2.00 bits per heavy atom. The van der Waals surface area contributed by atoms with Crippen molar-refractivity contribution in [2.24, 2.45) is 0 Å². The van der Waals surface area contributed by atoms with Gasteiger partial charge in [0.15, 0.2) is 5.82 Å². The summed E-state index contributed by atoms with van der Waals surface area (Å²) < 4.78 is 6.95. The molecule has 0 aromatic carbocycles. The quantitative estimate of drug-likeness (QED) is 0.727. The van der Waals surface area contributed by atoms with Crippen LogP contribution in [0, 0.1) is 0 Å². The molecule has 0 spiro atoms. The van der Waals surface area contributed by atoms with Crippen LogP contribution in [-0.2, 0) is 6.61 Å². The zero-order valence-electron chi connectivity index (χ0n) is 10.2. The van der Waals surface area contributed by atoms with Gasteiger partial charge in [-0.2, -0.15) is 0 Å². The molecule has 20 heavy (non-hydrogen) atoms. The van der Waals surface area contributed by atoms with Crippen LogP contribution in [0.25, 0.3) is 5.82 Å². The average molecular weight is 289 g/mol. The molecule has 0 aliphatic rings. The highest BCUT2D eigenvalue weighted by atomic mass is 35.5. The molecule has 0 radical (unpaired) electrons. The van der Waals surface area contributed by atoms with Crippen molar-refractivity contribution in [3.8, 4) is 11.8 Å². The molecule has 0 bridgehead atoms.